The van der Waals surface area contributed by atoms with Gasteiger partial charge in [-0.15, -0.1) is 5.10 Å². The van der Waals surface area contributed by atoms with E-state index in [4.69, 9.17) is 9.47 Å². The van der Waals surface area contributed by atoms with E-state index in [-0.39, 0.29) is 29.7 Å². The first-order valence-corrected chi connectivity index (χ1v) is 11.2. The molecular formula is C25H29N5O4. The maximum Gasteiger partial charge on any atom is 0.274 e. The number of methoxy groups -OCH3 is 1. The third-order valence-electron chi connectivity index (χ3n) is 5.77. The van der Waals surface area contributed by atoms with Crippen LogP contribution < -0.4 is 10.1 Å². The fraction of sp³-hybridized carbons (Fsp3) is 0.360. The molecule has 1 aromatic heterocycles. The van der Waals surface area contributed by atoms with Gasteiger partial charge in [0.15, 0.2) is 5.69 Å². The van der Waals surface area contributed by atoms with E-state index >= 15 is 0 Å². The monoisotopic (exact) mass is 463 g/mol. The summed E-state index contributed by atoms with van der Waals surface area (Å²) in [6.45, 7) is 7.21. The Kier molecular flexibility index (Phi) is 6.93. The molecular weight excluding hydrogens is 434 g/mol. The van der Waals surface area contributed by atoms with Crippen molar-refractivity contribution in [2.75, 3.05) is 20.2 Å². The number of amides is 2. The predicted molar refractivity (Wildman–Crippen MR) is 126 cm³/mol. The SMILES string of the molecule is COc1cccc(-n2nnc(C(=O)NCc3ccc(C(=O)N4CC(C)OC(C)C4)cc3)c2C)c1. The maximum atomic E-state index is 12.8. The number of carbonyl (C=O) groups is 2. The molecule has 178 valence electrons. The summed E-state index contributed by atoms with van der Waals surface area (Å²) in [7, 11) is 1.60. The molecule has 1 aliphatic heterocycles. The summed E-state index contributed by atoms with van der Waals surface area (Å²) in [5, 5.41) is 11.1. The minimum Gasteiger partial charge on any atom is -0.497 e. The van der Waals surface area contributed by atoms with Gasteiger partial charge in [0.25, 0.3) is 11.8 Å². The van der Waals surface area contributed by atoms with Crippen LogP contribution in [0.1, 0.15) is 46.0 Å². The van der Waals surface area contributed by atoms with E-state index in [0.717, 1.165) is 11.3 Å². The van der Waals surface area contributed by atoms with Gasteiger partial charge in [0.2, 0.25) is 0 Å². The smallest absolute Gasteiger partial charge is 0.274 e. The standard InChI is InChI=1S/C25H29N5O4/c1-16-14-29(15-17(2)34-16)25(32)20-10-8-19(9-11-20)13-26-24(31)23-18(3)30(28-27-23)21-6-5-7-22(12-21)33-4/h5-12,16-17H,13-15H2,1-4H3,(H,26,31). The molecule has 0 radical (unpaired) electrons. The Balaban J connectivity index is 1.38. The topological polar surface area (TPSA) is 98.6 Å². The molecule has 2 aromatic carbocycles. The van der Waals surface area contributed by atoms with Crippen molar-refractivity contribution >= 4 is 11.8 Å². The molecule has 1 fully saturated rings. The molecule has 2 unspecified atom stereocenters. The van der Waals surface area contributed by atoms with Crippen LogP contribution in [0.4, 0.5) is 0 Å². The van der Waals surface area contributed by atoms with Gasteiger partial charge in [0, 0.05) is 31.3 Å². The molecule has 3 aromatic rings. The van der Waals surface area contributed by atoms with Crippen molar-refractivity contribution in [2.24, 2.45) is 0 Å². The molecule has 0 saturated carbocycles. The van der Waals surface area contributed by atoms with Crippen LogP contribution in [0.2, 0.25) is 0 Å². The van der Waals surface area contributed by atoms with Crippen LogP contribution in [-0.2, 0) is 11.3 Å². The molecule has 4 rings (SSSR count). The van der Waals surface area contributed by atoms with Gasteiger partial charge < -0.3 is 19.7 Å². The number of nitrogens with one attached hydrogen (secondary N) is 1. The lowest BCUT2D eigenvalue weighted by molar-refractivity contribution is -0.0586. The highest BCUT2D eigenvalue weighted by Crippen LogP contribution is 2.18. The number of carbonyl (C=O) groups excluding carboxylic acids is 2. The van der Waals surface area contributed by atoms with Gasteiger partial charge in [0.1, 0.15) is 5.75 Å². The van der Waals surface area contributed by atoms with Crippen LogP contribution in [0, 0.1) is 6.92 Å². The van der Waals surface area contributed by atoms with Crippen LogP contribution in [-0.4, -0.2) is 64.1 Å². The zero-order valence-corrected chi connectivity index (χ0v) is 19.8. The second-order valence-electron chi connectivity index (χ2n) is 8.48. The van der Waals surface area contributed by atoms with Crippen molar-refractivity contribution < 1.29 is 19.1 Å². The van der Waals surface area contributed by atoms with E-state index in [0.29, 0.717) is 36.6 Å². The summed E-state index contributed by atoms with van der Waals surface area (Å²) in [5.41, 5.74) is 3.14. The first-order valence-electron chi connectivity index (χ1n) is 11.2. The Labute approximate surface area is 198 Å². The minimum absolute atomic E-state index is 0.0117. The summed E-state index contributed by atoms with van der Waals surface area (Å²) in [6, 6.07) is 14.7. The molecule has 0 bridgehead atoms. The minimum atomic E-state index is -0.317. The first-order chi connectivity index (χ1) is 16.4. The summed E-state index contributed by atoms with van der Waals surface area (Å²) >= 11 is 0. The average Bonchev–Trinajstić information content (AvgIpc) is 3.23. The van der Waals surface area contributed by atoms with Gasteiger partial charge in [-0.05, 0) is 50.6 Å². The van der Waals surface area contributed by atoms with Gasteiger partial charge in [-0.25, -0.2) is 4.68 Å². The second kappa shape index (κ2) is 10.0. The van der Waals surface area contributed by atoms with E-state index < -0.39 is 0 Å². The van der Waals surface area contributed by atoms with E-state index in [1.54, 1.807) is 30.8 Å². The number of nitrogens with zero attached hydrogens (tertiary/aromatic N) is 4. The number of morpholine rings is 1. The lowest BCUT2D eigenvalue weighted by Crippen LogP contribution is -2.48. The van der Waals surface area contributed by atoms with Gasteiger partial charge in [-0.2, -0.15) is 0 Å². The number of aromatic nitrogens is 3. The van der Waals surface area contributed by atoms with E-state index in [2.05, 4.69) is 15.6 Å². The lowest BCUT2D eigenvalue weighted by Gasteiger charge is -2.35. The van der Waals surface area contributed by atoms with E-state index in [1.807, 2.05) is 55.1 Å². The third kappa shape index (κ3) is 5.09. The van der Waals surface area contributed by atoms with E-state index in [9.17, 15) is 9.59 Å². The molecule has 1 saturated heterocycles. The van der Waals surface area contributed by atoms with Crippen molar-refractivity contribution in [3.8, 4) is 11.4 Å². The van der Waals surface area contributed by atoms with Gasteiger partial charge in [0.05, 0.1) is 30.7 Å². The Bertz CT molecular complexity index is 1160. The fourth-order valence-electron chi connectivity index (χ4n) is 4.08. The summed E-state index contributed by atoms with van der Waals surface area (Å²) in [5.74, 6) is 0.364. The highest BCUT2D eigenvalue weighted by atomic mass is 16.5. The third-order valence-corrected chi connectivity index (χ3v) is 5.77. The highest BCUT2D eigenvalue weighted by molar-refractivity contribution is 5.94. The Morgan fingerprint density at radius 2 is 1.82 bits per heavy atom. The summed E-state index contributed by atoms with van der Waals surface area (Å²) in [4.78, 5) is 27.4. The lowest BCUT2D eigenvalue weighted by atomic mass is 10.1. The predicted octanol–water partition coefficient (Wildman–Crippen LogP) is 2.76. The molecule has 2 heterocycles. The molecule has 2 atom stereocenters. The molecule has 9 nitrogen and oxygen atoms in total. The molecule has 0 aliphatic carbocycles. The summed E-state index contributed by atoms with van der Waals surface area (Å²) in [6.07, 6.45) is 0.0417. The van der Waals surface area contributed by atoms with Crippen LogP contribution >= 0.6 is 0 Å². The fourth-order valence-corrected chi connectivity index (χ4v) is 4.08. The largest absolute Gasteiger partial charge is 0.497 e. The average molecular weight is 464 g/mol. The maximum absolute atomic E-state index is 12.8. The van der Waals surface area contributed by atoms with Crippen molar-refractivity contribution in [1.29, 1.82) is 0 Å². The first kappa shape index (κ1) is 23.4. The Morgan fingerprint density at radius 1 is 1.12 bits per heavy atom. The van der Waals surface area contributed by atoms with E-state index in [1.165, 1.54) is 0 Å². The molecule has 1 N–H and O–H groups in total. The van der Waals surface area contributed by atoms with Gasteiger partial charge in [-0.3, -0.25) is 9.59 Å². The number of benzene rings is 2. The number of ether oxygens (including phenoxy) is 2. The van der Waals surface area contributed by atoms with Gasteiger partial charge in [-0.1, -0.05) is 23.4 Å². The molecule has 2 amide bonds. The number of rotatable bonds is 6. The zero-order chi connectivity index (χ0) is 24.2. The van der Waals surface area contributed by atoms with Crippen LogP contribution in [0.3, 0.4) is 0 Å². The zero-order valence-electron chi connectivity index (χ0n) is 19.8. The highest BCUT2D eigenvalue weighted by Gasteiger charge is 2.26. The Hall–Kier alpha value is -3.72. The molecule has 34 heavy (non-hydrogen) atoms. The molecule has 1 aliphatic rings. The van der Waals surface area contributed by atoms with Crippen LogP contribution in [0.25, 0.3) is 5.69 Å². The number of hydrogen-bond acceptors (Lipinski definition) is 6. The normalized spacial score (nSPS) is 17.9. The van der Waals surface area contributed by atoms with Crippen LogP contribution in [0.15, 0.2) is 48.5 Å². The van der Waals surface area contributed by atoms with Crippen LogP contribution in [0.5, 0.6) is 5.75 Å². The van der Waals surface area contributed by atoms with Gasteiger partial charge >= 0.3 is 0 Å². The van der Waals surface area contributed by atoms with Crippen molar-refractivity contribution in [1.82, 2.24) is 25.2 Å². The molecule has 9 heteroatoms. The molecule has 0 spiro atoms. The number of hydrogen-bond donors (Lipinski definition) is 1. The van der Waals surface area contributed by atoms with Crippen molar-refractivity contribution in [3.63, 3.8) is 0 Å². The Morgan fingerprint density at radius 3 is 2.50 bits per heavy atom. The second-order valence-corrected chi connectivity index (χ2v) is 8.48. The van der Waals surface area contributed by atoms with Crippen molar-refractivity contribution in [2.45, 2.75) is 39.5 Å². The van der Waals surface area contributed by atoms with Crippen molar-refractivity contribution in [3.05, 3.63) is 71.0 Å². The summed E-state index contributed by atoms with van der Waals surface area (Å²) < 4.78 is 12.6. The quantitative estimate of drug-likeness (QED) is 0.604.